The van der Waals surface area contributed by atoms with Crippen molar-refractivity contribution < 1.29 is 4.39 Å². The largest absolute Gasteiger partial charge is 0.236 e. The number of hydrogen-bond acceptors (Lipinski definition) is 3. The Bertz CT molecular complexity index is 817. The van der Waals surface area contributed by atoms with Crippen molar-refractivity contribution in [1.82, 2.24) is 9.97 Å². The van der Waals surface area contributed by atoms with Crippen molar-refractivity contribution in [2.45, 2.75) is 89.9 Å². The van der Waals surface area contributed by atoms with E-state index in [2.05, 4.69) is 16.9 Å². The summed E-state index contributed by atoms with van der Waals surface area (Å²) in [6, 6.07) is 6.36. The van der Waals surface area contributed by atoms with Gasteiger partial charge in [0.05, 0.1) is 5.56 Å². The van der Waals surface area contributed by atoms with Gasteiger partial charge in [-0.15, -0.1) is 0 Å². The molecule has 1 aromatic carbocycles. The smallest absolute Gasteiger partial charge is 0.159 e. The van der Waals surface area contributed by atoms with E-state index in [1.165, 1.54) is 94.7 Å². The Morgan fingerprint density at radius 3 is 2.27 bits per heavy atom. The van der Waals surface area contributed by atoms with Crippen LogP contribution < -0.4 is 0 Å². The minimum absolute atomic E-state index is 0.0450. The van der Waals surface area contributed by atoms with Crippen LogP contribution in [0.25, 0.3) is 11.4 Å². The van der Waals surface area contributed by atoms with Gasteiger partial charge < -0.3 is 0 Å². The minimum atomic E-state index is -0.526. The molecule has 1 aromatic heterocycles. The van der Waals surface area contributed by atoms with Gasteiger partial charge in [0.2, 0.25) is 0 Å². The molecule has 0 atom stereocenters. The summed E-state index contributed by atoms with van der Waals surface area (Å²) in [6.45, 7) is 2.27. The summed E-state index contributed by atoms with van der Waals surface area (Å²) in [5.41, 5.74) is 1.85. The molecule has 0 amide bonds. The van der Waals surface area contributed by atoms with E-state index < -0.39 is 5.82 Å². The summed E-state index contributed by atoms with van der Waals surface area (Å²) >= 11 is 0. The Morgan fingerprint density at radius 1 is 0.967 bits per heavy atom. The number of hydrogen-bond donors (Lipinski definition) is 0. The third-order valence-electron chi connectivity index (χ3n) is 6.55. The number of nitrogens with zero attached hydrogens (tertiary/aromatic N) is 3. The molecule has 0 unspecified atom stereocenters. The van der Waals surface area contributed by atoms with Gasteiger partial charge in [-0.05, 0) is 61.3 Å². The molecule has 0 N–H and O–H groups in total. The topological polar surface area (TPSA) is 49.6 Å². The van der Waals surface area contributed by atoms with Crippen molar-refractivity contribution in [3.63, 3.8) is 0 Å². The SMILES string of the molecule is CCCCCCCCCC1CCC(c2cnc(-c3ccc(C#N)c(F)c3)nc2)CC1. The number of halogens is 1. The molecule has 0 spiro atoms. The lowest BCUT2D eigenvalue weighted by molar-refractivity contribution is 0.301. The molecule has 1 heterocycles. The summed E-state index contributed by atoms with van der Waals surface area (Å²) in [5.74, 6) is 1.41. The van der Waals surface area contributed by atoms with Gasteiger partial charge in [0.1, 0.15) is 11.9 Å². The number of nitriles is 1. The van der Waals surface area contributed by atoms with Crippen LogP contribution in [0.4, 0.5) is 4.39 Å². The van der Waals surface area contributed by atoms with Crippen molar-refractivity contribution in [2.75, 3.05) is 0 Å². The van der Waals surface area contributed by atoms with Crippen LogP contribution in [-0.2, 0) is 0 Å². The van der Waals surface area contributed by atoms with E-state index in [0.717, 1.165) is 5.92 Å². The first-order chi connectivity index (χ1) is 14.7. The molecule has 1 aliphatic carbocycles. The van der Waals surface area contributed by atoms with Crippen molar-refractivity contribution in [2.24, 2.45) is 5.92 Å². The van der Waals surface area contributed by atoms with E-state index in [0.29, 0.717) is 17.3 Å². The van der Waals surface area contributed by atoms with E-state index in [1.54, 1.807) is 6.07 Å². The third-order valence-corrected chi connectivity index (χ3v) is 6.55. The molecule has 0 aliphatic heterocycles. The molecule has 4 heteroatoms. The maximum atomic E-state index is 13.8. The Morgan fingerprint density at radius 2 is 1.63 bits per heavy atom. The summed E-state index contributed by atoms with van der Waals surface area (Å²) in [4.78, 5) is 8.94. The zero-order valence-corrected chi connectivity index (χ0v) is 18.2. The van der Waals surface area contributed by atoms with Gasteiger partial charge in [0, 0.05) is 18.0 Å². The van der Waals surface area contributed by atoms with Gasteiger partial charge in [0.15, 0.2) is 5.82 Å². The Labute approximate surface area is 180 Å². The number of benzene rings is 1. The van der Waals surface area contributed by atoms with E-state index >= 15 is 0 Å². The lowest BCUT2D eigenvalue weighted by Gasteiger charge is -2.28. The lowest BCUT2D eigenvalue weighted by atomic mass is 9.77. The minimum Gasteiger partial charge on any atom is -0.236 e. The van der Waals surface area contributed by atoms with Crippen LogP contribution in [0.5, 0.6) is 0 Å². The zero-order chi connectivity index (χ0) is 21.2. The molecule has 1 fully saturated rings. The standard InChI is InChI=1S/C26H34FN3/c1-2-3-4-5-6-7-8-9-20-10-12-21(13-11-20)24-18-29-26(30-19-24)22-14-15-23(17-28)25(27)16-22/h14-16,18-21H,2-13H2,1H3. The molecule has 3 nitrogen and oxygen atoms in total. The second-order valence-corrected chi connectivity index (χ2v) is 8.77. The monoisotopic (exact) mass is 407 g/mol. The van der Waals surface area contributed by atoms with Crippen molar-refractivity contribution in [3.05, 3.63) is 47.5 Å². The van der Waals surface area contributed by atoms with Crippen molar-refractivity contribution >= 4 is 0 Å². The fourth-order valence-electron chi connectivity index (χ4n) is 4.62. The molecule has 30 heavy (non-hydrogen) atoms. The molecule has 2 aromatic rings. The molecule has 0 saturated heterocycles. The average molecular weight is 408 g/mol. The first kappa shape index (κ1) is 22.4. The van der Waals surface area contributed by atoms with Gasteiger partial charge in [-0.2, -0.15) is 5.26 Å². The van der Waals surface area contributed by atoms with Crippen LogP contribution in [0.1, 0.15) is 101 Å². The number of aromatic nitrogens is 2. The van der Waals surface area contributed by atoms with Gasteiger partial charge in [-0.1, -0.05) is 58.3 Å². The highest BCUT2D eigenvalue weighted by atomic mass is 19.1. The fourth-order valence-corrected chi connectivity index (χ4v) is 4.62. The predicted molar refractivity (Wildman–Crippen MR) is 119 cm³/mol. The van der Waals surface area contributed by atoms with E-state index in [-0.39, 0.29) is 5.56 Å². The van der Waals surface area contributed by atoms with Crippen molar-refractivity contribution in [1.29, 1.82) is 5.26 Å². The van der Waals surface area contributed by atoms with Gasteiger partial charge in [0.25, 0.3) is 0 Å². The highest BCUT2D eigenvalue weighted by molar-refractivity contribution is 5.56. The van der Waals surface area contributed by atoms with Crippen LogP contribution in [-0.4, -0.2) is 9.97 Å². The van der Waals surface area contributed by atoms with Crippen LogP contribution in [0.3, 0.4) is 0 Å². The molecule has 1 aliphatic rings. The Balaban J connectivity index is 1.43. The van der Waals surface area contributed by atoms with Crippen LogP contribution in [0.15, 0.2) is 30.6 Å². The van der Waals surface area contributed by atoms with Gasteiger partial charge in [-0.25, -0.2) is 14.4 Å². The number of unbranched alkanes of at least 4 members (excludes halogenated alkanes) is 6. The summed E-state index contributed by atoms with van der Waals surface area (Å²) in [7, 11) is 0. The van der Waals surface area contributed by atoms with E-state index in [4.69, 9.17) is 5.26 Å². The first-order valence-electron chi connectivity index (χ1n) is 11.7. The third kappa shape index (κ3) is 6.36. The second-order valence-electron chi connectivity index (χ2n) is 8.77. The average Bonchev–Trinajstić information content (AvgIpc) is 2.79. The zero-order valence-electron chi connectivity index (χ0n) is 18.2. The highest BCUT2D eigenvalue weighted by Crippen LogP contribution is 2.37. The molecule has 1 saturated carbocycles. The second kappa shape index (κ2) is 11.8. The quantitative estimate of drug-likeness (QED) is 0.382. The Hall–Kier alpha value is -2.28. The maximum absolute atomic E-state index is 13.8. The van der Waals surface area contributed by atoms with Crippen LogP contribution in [0, 0.1) is 23.1 Å². The number of rotatable bonds is 10. The van der Waals surface area contributed by atoms with Crippen LogP contribution in [0.2, 0.25) is 0 Å². The normalized spacial score (nSPS) is 18.8. The first-order valence-corrected chi connectivity index (χ1v) is 11.7. The maximum Gasteiger partial charge on any atom is 0.159 e. The molecule has 0 radical (unpaired) electrons. The van der Waals surface area contributed by atoms with Gasteiger partial charge >= 0.3 is 0 Å². The van der Waals surface area contributed by atoms with Crippen LogP contribution >= 0.6 is 0 Å². The molecule has 160 valence electrons. The Kier molecular flexibility index (Phi) is 8.81. The van der Waals surface area contributed by atoms with Gasteiger partial charge in [-0.3, -0.25) is 0 Å². The van der Waals surface area contributed by atoms with E-state index in [9.17, 15) is 4.39 Å². The lowest BCUT2D eigenvalue weighted by Crippen LogP contribution is -2.14. The summed E-state index contributed by atoms with van der Waals surface area (Å²) < 4.78 is 13.8. The summed E-state index contributed by atoms with van der Waals surface area (Å²) in [5, 5.41) is 8.86. The summed E-state index contributed by atoms with van der Waals surface area (Å²) in [6.07, 6.45) is 20.0. The molecule has 3 rings (SSSR count). The predicted octanol–water partition coefficient (Wildman–Crippen LogP) is 7.57. The fraction of sp³-hybridized carbons (Fsp3) is 0.577. The highest BCUT2D eigenvalue weighted by Gasteiger charge is 2.22. The van der Waals surface area contributed by atoms with E-state index in [1.807, 2.05) is 18.5 Å². The molecular weight excluding hydrogens is 373 g/mol. The van der Waals surface area contributed by atoms with Crippen molar-refractivity contribution in [3.8, 4) is 17.5 Å². The molecule has 0 bridgehead atoms. The molecular formula is C26H34FN3.